The fraction of sp³-hybridized carbons (Fsp3) is 0.211. The van der Waals surface area contributed by atoms with E-state index in [1.807, 2.05) is 6.07 Å². The van der Waals surface area contributed by atoms with Crippen molar-refractivity contribution >= 4 is 5.69 Å². The van der Waals surface area contributed by atoms with Crippen molar-refractivity contribution in [3.63, 3.8) is 0 Å². The smallest absolute Gasteiger partial charge is 0.124 e. The predicted molar refractivity (Wildman–Crippen MR) is 87.3 cm³/mol. The third kappa shape index (κ3) is 2.05. The average molecular weight is 304 g/mol. The van der Waals surface area contributed by atoms with Crippen molar-refractivity contribution in [2.45, 2.75) is 18.4 Å². The van der Waals surface area contributed by atoms with Gasteiger partial charge in [-0.3, -0.25) is 0 Å². The maximum atomic E-state index is 10.3. The fourth-order valence-corrected chi connectivity index (χ4v) is 3.82. The molecule has 3 N–H and O–H groups in total. The molecule has 2 aromatic carbocycles. The molecule has 0 bridgehead atoms. The molecule has 0 radical (unpaired) electrons. The van der Waals surface area contributed by atoms with Gasteiger partial charge >= 0.3 is 0 Å². The summed E-state index contributed by atoms with van der Waals surface area (Å²) in [5.74, 6) is 0.636. The second kappa shape index (κ2) is 5.06. The summed E-state index contributed by atoms with van der Waals surface area (Å²) in [5.41, 5.74) is 3.35. The number of hydrogen-bond acceptors (Lipinski definition) is 4. The molecule has 0 fully saturated rings. The highest BCUT2D eigenvalue weighted by atomic mass is 16.3. The number of rotatable bonds is 1. The van der Waals surface area contributed by atoms with Gasteiger partial charge in [0.05, 0.1) is 17.3 Å². The van der Waals surface area contributed by atoms with Crippen LogP contribution in [0.2, 0.25) is 0 Å². The van der Waals surface area contributed by atoms with E-state index in [1.54, 1.807) is 18.2 Å². The summed E-state index contributed by atoms with van der Waals surface area (Å²) in [6.45, 7) is 0. The minimum atomic E-state index is -0.0994. The highest BCUT2D eigenvalue weighted by Crippen LogP contribution is 2.51. The molecular weight excluding hydrogens is 288 g/mol. The Balaban J connectivity index is 1.86. The van der Waals surface area contributed by atoms with Crippen molar-refractivity contribution in [1.29, 1.82) is 5.26 Å². The number of nitrogens with zero attached hydrogens (tertiary/aromatic N) is 1. The predicted octanol–water partition coefficient (Wildman–Crippen LogP) is 3.80. The Labute approximate surface area is 134 Å². The Hall–Kier alpha value is -2.93. The minimum absolute atomic E-state index is 0.0428. The number of phenolic OH excluding ortho intramolecular Hbond substituents is 2. The van der Waals surface area contributed by atoms with Crippen LogP contribution in [0.15, 0.2) is 48.6 Å². The number of anilines is 1. The molecule has 0 spiro atoms. The molecule has 0 aromatic heterocycles. The highest BCUT2D eigenvalue weighted by molar-refractivity contribution is 5.68. The van der Waals surface area contributed by atoms with Gasteiger partial charge in [0.15, 0.2) is 0 Å². The van der Waals surface area contributed by atoms with Gasteiger partial charge < -0.3 is 15.5 Å². The molecule has 2 aliphatic rings. The van der Waals surface area contributed by atoms with Gasteiger partial charge in [-0.15, -0.1) is 0 Å². The molecule has 4 rings (SSSR count). The van der Waals surface area contributed by atoms with Crippen LogP contribution >= 0.6 is 0 Å². The number of hydrogen-bond donors (Lipinski definition) is 3. The van der Waals surface area contributed by atoms with Crippen LogP contribution in [0, 0.1) is 17.2 Å². The molecular formula is C19H16N2O2. The first kappa shape index (κ1) is 13.7. The lowest BCUT2D eigenvalue weighted by atomic mass is 9.76. The van der Waals surface area contributed by atoms with Gasteiger partial charge in [-0.2, -0.15) is 5.26 Å². The summed E-state index contributed by atoms with van der Waals surface area (Å²) >= 11 is 0. The fourth-order valence-electron chi connectivity index (χ4n) is 3.82. The third-order valence-electron chi connectivity index (χ3n) is 4.87. The summed E-state index contributed by atoms with van der Waals surface area (Å²) in [6.07, 6.45) is 5.27. The number of nitriles is 1. The van der Waals surface area contributed by atoms with Crippen LogP contribution in [0.3, 0.4) is 0 Å². The van der Waals surface area contributed by atoms with Crippen LogP contribution in [0.4, 0.5) is 5.69 Å². The zero-order valence-electron chi connectivity index (χ0n) is 12.4. The first-order valence-electron chi connectivity index (χ1n) is 7.67. The van der Waals surface area contributed by atoms with Gasteiger partial charge in [0.2, 0.25) is 0 Å². The van der Waals surface area contributed by atoms with Gasteiger partial charge in [0.1, 0.15) is 17.6 Å². The zero-order valence-corrected chi connectivity index (χ0v) is 12.4. The molecule has 4 nitrogen and oxygen atoms in total. The zero-order chi connectivity index (χ0) is 16.0. The number of aromatic hydroxyl groups is 2. The Morgan fingerprint density at radius 3 is 2.78 bits per heavy atom. The monoisotopic (exact) mass is 304 g/mol. The van der Waals surface area contributed by atoms with Crippen LogP contribution in [0.1, 0.15) is 35.1 Å². The van der Waals surface area contributed by atoms with Gasteiger partial charge in [0.25, 0.3) is 0 Å². The quantitative estimate of drug-likeness (QED) is 0.700. The second-order valence-electron chi connectivity index (χ2n) is 6.10. The average Bonchev–Trinajstić information content (AvgIpc) is 3.04. The number of allylic oxidation sites excluding steroid dienone is 2. The molecule has 114 valence electrons. The lowest BCUT2D eigenvalue weighted by Gasteiger charge is -2.38. The van der Waals surface area contributed by atoms with Crippen molar-refractivity contribution < 1.29 is 10.2 Å². The molecule has 1 aliphatic carbocycles. The standard InChI is InChI=1S/C19H16N2O2/c20-10-11-3-1-5-14-13-4-2-6-15(13)19(21-18(11)14)16-8-7-12(22)9-17(16)23/h1-5,7-9,13,15,19,21-23H,6H2. The summed E-state index contributed by atoms with van der Waals surface area (Å²) in [4.78, 5) is 0. The number of para-hydroxylation sites is 1. The molecule has 0 saturated heterocycles. The molecule has 3 unspecified atom stereocenters. The number of fused-ring (bicyclic) bond motifs is 3. The maximum absolute atomic E-state index is 10.3. The van der Waals surface area contributed by atoms with Crippen molar-refractivity contribution in [3.05, 3.63) is 65.2 Å². The molecule has 4 heteroatoms. The Morgan fingerprint density at radius 1 is 1.13 bits per heavy atom. The molecule has 2 aromatic rings. The van der Waals surface area contributed by atoms with Gasteiger partial charge in [-0.1, -0.05) is 24.3 Å². The van der Waals surface area contributed by atoms with E-state index in [2.05, 4.69) is 29.6 Å². The first-order chi connectivity index (χ1) is 11.2. The van der Waals surface area contributed by atoms with Crippen LogP contribution in [-0.2, 0) is 0 Å². The molecule has 1 heterocycles. The number of nitrogens with one attached hydrogen (secondary N) is 1. The molecule has 1 aliphatic heterocycles. The van der Waals surface area contributed by atoms with E-state index in [4.69, 9.17) is 0 Å². The Morgan fingerprint density at radius 2 is 2.00 bits per heavy atom. The van der Waals surface area contributed by atoms with E-state index in [-0.39, 0.29) is 29.4 Å². The largest absolute Gasteiger partial charge is 0.508 e. The lowest BCUT2D eigenvalue weighted by molar-refractivity contribution is 0.398. The summed E-state index contributed by atoms with van der Waals surface area (Å²) < 4.78 is 0. The van der Waals surface area contributed by atoms with E-state index in [1.165, 1.54) is 6.07 Å². The minimum Gasteiger partial charge on any atom is -0.508 e. The molecule has 23 heavy (non-hydrogen) atoms. The highest BCUT2D eigenvalue weighted by Gasteiger charge is 2.39. The van der Waals surface area contributed by atoms with E-state index in [9.17, 15) is 15.5 Å². The van der Waals surface area contributed by atoms with E-state index < -0.39 is 0 Å². The number of phenols is 2. The molecule has 0 amide bonds. The lowest BCUT2D eigenvalue weighted by Crippen LogP contribution is -2.29. The van der Waals surface area contributed by atoms with Gasteiger partial charge in [0, 0.05) is 17.5 Å². The second-order valence-corrected chi connectivity index (χ2v) is 6.10. The normalized spacial score (nSPS) is 24.4. The summed E-state index contributed by atoms with van der Waals surface area (Å²) in [5, 5.41) is 32.6. The summed E-state index contributed by atoms with van der Waals surface area (Å²) in [6, 6.07) is 12.6. The maximum Gasteiger partial charge on any atom is 0.124 e. The molecule has 3 atom stereocenters. The SMILES string of the molecule is N#Cc1cccc2c1NC(c1ccc(O)cc1O)C1CC=CC21. The Bertz CT molecular complexity index is 851. The van der Waals surface area contributed by atoms with Crippen LogP contribution in [-0.4, -0.2) is 10.2 Å². The number of benzene rings is 2. The van der Waals surface area contributed by atoms with E-state index in [0.717, 1.165) is 23.2 Å². The van der Waals surface area contributed by atoms with Crippen molar-refractivity contribution in [2.24, 2.45) is 5.92 Å². The summed E-state index contributed by atoms with van der Waals surface area (Å²) in [7, 11) is 0. The van der Waals surface area contributed by atoms with E-state index >= 15 is 0 Å². The van der Waals surface area contributed by atoms with Crippen LogP contribution in [0.5, 0.6) is 11.5 Å². The first-order valence-corrected chi connectivity index (χ1v) is 7.67. The van der Waals surface area contributed by atoms with Crippen LogP contribution < -0.4 is 5.32 Å². The topological polar surface area (TPSA) is 76.3 Å². The Kier molecular flexibility index (Phi) is 3.02. The van der Waals surface area contributed by atoms with E-state index in [0.29, 0.717) is 5.56 Å². The van der Waals surface area contributed by atoms with Crippen LogP contribution in [0.25, 0.3) is 0 Å². The van der Waals surface area contributed by atoms with Crippen molar-refractivity contribution in [1.82, 2.24) is 0 Å². The van der Waals surface area contributed by atoms with Gasteiger partial charge in [-0.05, 0) is 36.1 Å². The third-order valence-corrected chi connectivity index (χ3v) is 4.87. The van der Waals surface area contributed by atoms with Gasteiger partial charge in [-0.25, -0.2) is 0 Å². The molecule has 0 saturated carbocycles. The van der Waals surface area contributed by atoms with Crippen molar-refractivity contribution in [2.75, 3.05) is 5.32 Å². The van der Waals surface area contributed by atoms with Crippen molar-refractivity contribution in [3.8, 4) is 17.6 Å².